The highest BCUT2D eigenvalue weighted by atomic mass is 16.6. The van der Waals surface area contributed by atoms with Gasteiger partial charge in [-0.05, 0) is 102 Å². The van der Waals surface area contributed by atoms with Crippen molar-refractivity contribution >= 4 is 17.7 Å². The van der Waals surface area contributed by atoms with Crippen molar-refractivity contribution in [1.29, 1.82) is 0 Å². The van der Waals surface area contributed by atoms with E-state index in [0.29, 0.717) is 25.3 Å². The summed E-state index contributed by atoms with van der Waals surface area (Å²) in [5.41, 5.74) is 10.5. The molecule has 238 valence electrons. The van der Waals surface area contributed by atoms with E-state index in [1.165, 1.54) is 57.6 Å². The first-order valence-electron chi connectivity index (χ1n) is 16.6. The lowest BCUT2D eigenvalue weighted by atomic mass is 9.93. The van der Waals surface area contributed by atoms with E-state index in [9.17, 15) is 19.7 Å². The van der Waals surface area contributed by atoms with E-state index in [-0.39, 0.29) is 11.6 Å². The summed E-state index contributed by atoms with van der Waals surface area (Å²) in [4.78, 5) is 39.6. The molecule has 0 radical (unpaired) electrons. The largest absolute Gasteiger partial charge is 0.415 e. The number of unbranched alkanes of at least 4 members (excludes halogenated alkanes) is 3. The molecule has 45 heavy (non-hydrogen) atoms. The Kier molecular flexibility index (Phi) is 10.5. The second kappa shape index (κ2) is 14.7. The number of carbonyl (C=O) groups is 2. The van der Waals surface area contributed by atoms with Crippen molar-refractivity contribution in [2.75, 3.05) is 0 Å². The molecule has 2 amide bonds. The Balaban J connectivity index is 1.12. The molecule has 3 aromatic carbocycles. The van der Waals surface area contributed by atoms with Gasteiger partial charge in [-0.15, -0.1) is 0 Å². The summed E-state index contributed by atoms with van der Waals surface area (Å²) in [7, 11) is 0. The van der Waals surface area contributed by atoms with E-state index in [2.05, 4.69) is 45.0 Å². The van der Waals surface area contributed by atoms with Crippen LogP contribution in [-0.4, -0.2) is 26.7 Å². The number of nitro benzene ring substituents is 1. The summed E-state index contributed by atoms with van der Waals surface area (Å²) < 4.78 is 5.50. The number of non-ortho nitro benzene ring substituents is 1. The Morgan fingerprint density at radius 2 is 1.20 bits per heavy atom. The van der Waals surface area contributed by atoms with Crippen LogP contribution < -0.4 is 4.74 Å². The van der Waals surface area contributed by atoms with Crippen LogP contribution in [0.4, 0.5) is 10.5 Å². The summed E-state index contributed by atoms with van der Waals surface area (Å²) in [5.74, 6) is 0.572. The zero-order chi connectivity index (χ0) is 31.9. The minimum Gasteiger partial charge on any atom is -0.410 e. The van der Waals surface area contributed by atoms with Crippen LogP contribution >= 0.6 is 0 Å². The molecule has 0 spiro atoms. The number of ether oxygens (including phenoxy) is 1. The molecule has 2 heterocycles. The molecule has 0 saturated carbocycles. The molecular formula is C37H45N3O5. The van der Waals surface area contributed by atoms with Gasteiger partial charge in [-0.1, -0.05) is 57.9 Å². The molecule has 0 fully saturated rings. The fourth-order valence-electron chi connectivity index (χ4n) is 6.63. The number of nitro groups is 1. The maximum absolute atomic E-state index is 12.8. The molecule has 0 unspecified atom stereocenters. The average molecular weight is 612 g/mol. The maximum Gasteiger partial charge on any atom is 0.415 e. The lowest BCUT2D eigenvalue weighted by Crippen LogP contribution is -2.28. The molecule has 0 bridgehead atoms. The second-order valence-corrected chi connectivity index (χ2v) is 12.4. The number of carbonyl (C=O) groups excluding carboxylic acids is 2. The highest BCUT2D eigenvalue weighted by Gasteiger charge is 2.27. The Labute approximate surface area is 266 Å². The van der Waals surface area contributed by atoms with Crippen molar-refractivity contribution in [2.24, 2.45) is 0 Å². The molecular weight excluding hydrogens is 566 g/mol. The smallest absolute Gasteiger partial charge is 0.410 e. The standard InChI is InChI=1S/C37H45N3O5/c1-4-7-13-36(41)38-22-30-18-26(5-2)28(20-32(30)23-38)11-9-8-10-12-29-21-33-25-39(24-31(33)19-27(29)6-3)37(42)45-35-16-14-34(15-17-35)40(43)44/h14-21H,4-13,22-25H2,1-3H3. The Morgan fingerprint density at radius 1 is 0.711 bits per heavy atom. The van der Waals surface area contributed by atoms with Crippen LogP contribution in [0.5, 0.6) is 5.75 Å². The van der Waals surface area contributed by atoms with Crippen molar-refractivity contribution in [3.63, 3.8) is 0 Å². The number of hydrogen-bond donors (Lipinski definition) is 0. The summed E-state index contributed by atoms with van der Waals surface area (Å²) in [6.45, 7) is 9.03. The Morgan fingerprint density at radius 3 is 1.67 bits per heavy atom. The van der Waals surface area contributed by atoms with E-state index in [1.54, 1.807) is 4.90 Å². The lowest BCUT2D eigenvalue weighted by molar-refractivity contribution is -0.384. The highest BCUT2D eigenvalue weighted by molar-refractivity contribution is 5.77. The van der Waals surface area contributed by atoms with E-state index in [0.717, 1.165) is 82.0 Å². The topological polar surface area (TPSA) is 93.0 Å². The maximum atomic E-state index is 12.8. The summed E-state index contributed by atoms with van der Waals surface area (Å²) in [5, 5.41) is 10.9. The number of benzene rings is 3. The molecule has 0 aromatic heterocycles. The summed E-state index contributed by atoms with van der Waals surface area (Å²) >= 11 is 0. The molecule has 3 aromatic rings. The first-order valence-corrected chi connectivity index (χ1v) is 16.6. The predicted molar refractivity (Wildman–Crippen MR) is 175 cm³/mol. The van der Waals surface area contributed by atoms with Crippen LogP contribution in [0.25, 0.3) is 0 Å². The molecule has 0 aliphatic carbocycles. The van der Waals surface area contributed by atoms with Gasteiger partial charge in [0.05, 0.1) is 4.92 Å². The number of hydrogen-bond acceptors (Lipinski definition) is 5. The van der Waals surface area contributed by atoms with Crippen molar-refractivity contribution < 1.29 is 19.2 Å². The van der Waals surface area contributed by atoms with Gasteiger partial charge in [0.1, 0.15) is 5.75 Å². The van der Waals surface area contributed by atoms with E-state index in [4.69, 9.17) is 4.74 Å². The van der Waals surface area contributed by atoms with Crippen molar-refractivity contribution in [3.05, 3.63) is 103 Å². The number of nitrogens with zero attached hydrogens (tertiary/aromatic N) is 3. The molecule has 8 heteroatoms. The monoisotopic (exact) mass is 611 g/mol. The van der Waals surface area contributed by atoms with E-state index < -0.39 is 11.0 Å². The molecule has 5 rings (SSSR count). The van der Waals surface area contributed by atoms with Crippen molar-refractivity contribution in [3.8, 4) is 5.75 Å². The zero-order valence-corrected chi connectivity index (χ0v) is 26.9. The minimum atomic E-state index is -0.477. The predicted octanol–water partition coefficient (Wildman–Crippen LogP) is 8.22. The van der Waals surface area contributed by atoms with Crippen LogP contribution in [0.2, 0.25) is 0 Å². The van der Waals surface area contributed by atoms with Gasteiger partial charge in [-0.3, -0.25) is 19.8 Å². The number of rotatable bonds is 13. The SMILES string of the molecule is CCCCC(=O)N1Cc2cc(CC)c(CCCCCc3cc4c(cc3CC)CN(C(=O)Oc3ccc([N+](=O)[O-])cc3)C4)cc2C1. The first-order chi connectivity index (χ1) is 21.8. The molecule has 8 nitrogen and oxygen atoms in total. The summed E-state index contributed by atoms with van der Waals surface area (Å²) in [6, 6.07) is 14.8. The third-order valence-electron chi connectivity index (χ3n) is 9.25. The third kappa shape index (κ3) is 7.72. The number of amides is 2. The molecule has 0 N–H and O–H groups in total. The number of aryl methyl sites for hydroxylation is 4. The Hall–Kier alpha value is -4.20. The fraction of sp³-hybridized carbons (Fsp3) is 0.459. The normalized spacial score (nSPS) is 13.6. The van der Waals surface area contributed by atoms with Gasteiger partial charge in [-0.25, -0.2) is 4.79 Å². The van der Waals surface area contributed by atoms with Crippen LogP contribution in [-0.2, 0) is 56.7 Å². The van der Waals surface area contributed by atoms with Gasteiger partial charge < -0.3 is 9.64 Å². The van der Waals surface area contributed by atoms with Gasteiger partial charge in [0.2, 0.25) is 5.91 Å². The fourth-order valence-corrected chi connectivity index (χ4v) is 6.63. The second-order valence-electron chi connectivity index (χ2n) is 12.4. The molecule has 2 aliphatic rings. The minimum absolute atomic E-state index is 0.0414. The zero-order valence-electron chi connectivity index (χ0n) is 26.9. The van der Waals surface area contributed by atoms with Crippen molar-refractivity contribution in [1.82, 2.24) is 9.80 Å². The van der Waals surface area contributed by atoms with Gasteiger partial charge >= 0.3 is 6.09 Å². The van der Waals surface area contributed by atoms with Crippen molar-refractivity contribution in [2.45, 2.75) is 111 Å². The lowest BCUT2D eigenvalue weighted by Gasteiger charge is -2.14. The molecule has 0 atom stereocenters. The Bertz CT molecular complexity index is 1550. The third-order valence-corrected chi connectivity index (χ3v) is 9.25. The molecule has 0 saturated heterocycles. The van der Waals surface area contributed by atoms with Gasteiger partial charge in [0.25, 0.3) is 5.69 Å². The van der Waals surface area contributed by atoms with Gasteiger partial charge in [0.15, 0.2) is 0 Å². The van der Waals surface area contributed by atoms with Crippen LogP contribution in [0, 0.1) is 10.1 Å². The van der Waals surface area contributed by atoms with Gasteiger partial charge in [-0.2, -0.15) is 0 Å². The van der Waals surface area contributed by atoms with Crippen LogP contribution in [0.15, 0.2) is 48.5 Å². The number of fused-ring (bicyclic) bond motifs is 2. The first kappa shape index (κ1) is 32.2. The summed E-state index contributed by atoms with van der Waals surface area (Å²) in [6.07, 6.45) is 9.65. The van der Waals surface area contributed by atoms with E-state index in [1.807, 2.05) is 4.90 Å². The highest BCUT2D eigenvalue weighted by Crippen LogP contribution is 2.31. The van der Waals surface area contributed by atoms with Crippen LogP contribution in [0.1, 0.15) is 104 Å². The average Bonchev–Trinajstić information content (AvgIpc) is 3.66. The molecule has 2 aliphatic heterocycles. The van der Waals surface area contributed by atoms with Gasteiger partial charge in [0, 0.05) is 44.7 Å². The quantitative estimate of drug-likeness (QED) is 0.110. The van der Waals surface area contributed by atoms with Crippen LogP contribution in [0.3, 0.4) is 0 Å². The van der Waals surface area contributed by atoms with E-state index >= 15 is 0 Å².